The van der Waals surface area contributed by atoms with Crippen LogP contribution < -0.4 is 0 Å². The van der Waals surface area contributed by atoms with Crippen LogP contribution in [0, 0.1) is 35.5 Å². The molecule has 0 aromatic carbocycles. The first-order valence-electron chi connectivity index (χ1n) is 11.0. The van der Waals surface area contributed by atoms with E-state index in [1.54, 1.807) is 0 Å². The maximum atomic E-state index is 12.6. The summed E-state index contributed by atoms with van der Waals surface area (Å²) < 4.78 is 40.8. The molecule has 8 unspecified atom stereocenters. The lowest BCUT2D eigenvalue weighted by Crippen LogP contribution is -2.34. The molecule has 0 aliphatic heterocycles. The van der Waals surface area contributed by atoms with Gasteiger partial charge in [-0.1, -0.05) is 54.4 Å². The van der Waals surface area contributed by atoms with Gasteiger partial charge in [0, 0.05) is 0 Å². The Hall–Kier alpha value is 0.260. The van der Waals surface area contributed by atoms with Crippen molar-refractivity contribution >= 4 is 15.6 Å². The first-order chi connectivity index (χ1) is 13.3. The minimum atomic E-state index is -4.75. The van der Waals surface area contributed by atoms with Crippen LogP contribution in [0.4, 0.5) is 0 Å². The van der Waals surface area contributed by atoms with Crippen molar-refractivity contribution in [2.24, 2.45) is 35.5 Å². The summed E-state index contributed by atoms with van der Waals surface area (Å²) in [6.45, 7) is 12.4. The zero-order valence-corrected chi connectivity index (χ0v) is 20.5. The molecule has 2 aliphatic rings. The third-order valence-corrected chi connectivity index (χ3v) is 9.39. The summed E-state index contributed by atoms with van der Waals surface area (Å²) in [5.74, 6) is 1.50. The number of hydrogen-bond acceptors (Lipinski definition) is 5. The minimum Gasteiger partial charge on any atom is -0.302 e. The quantitative estimate of drug-likeness (QED) is 0.424. The Labute approximate surface area is 176 Å². The molecular formula is C20H40O7P2. The molecule has 0 heterocycles. The highest BCUT2D eigenvalue weighted by Gasteiger charge is 2.44. The Kier molecular flexibility index (Phi) is 9.02. The predicted octanol–water partition coefficient (Wildman–Crippen LogP) is 6.16. The van der Waals surface area contributed by atoms with Gasteiger partial charge in [-0.25, -0.2) is 9.13 Å². The van der Waals surface area contributed by atoms with Crippen LogP contribution in [0.5, 0.6) is 0 Å². The van der Waals surface area contributed by atoms with Crippen molar-refractivity contribution in [2.75, 3.05) is 0 Å². The summed E-state index contributed by atoms with van der Waals surface area (Å²) in [6.07, 6.45) is 4.17. The van der Waals surface area contributed by atoms with Gasteiger partial charge in [0.2, 0.25) is 0 Å². The van der Waals surface area contributed by atoms with Crippen LogP contribution in [0.2, 0.25) is 0 Å². The van der Waals surface area contributed by atoms with Gasteiger partial charge >= 0.3 is 15.6 Å². The van der Waals surface area contributed by atoms with E-state index in [-0.39, 0.29) is 23.7 Å². The van der Waals surface area contributed by atoms with Crippen LogP contribution in [-0.2, 0) is 22.5 Å². The smallest absolute Gasteiger partial charge is 0.302 e. The molecule has 2 N–H and O–H groups in total. The van der Waals surface area contributed by atoms with Crippen molar-refractivity contribution in [1.29, 1.82) is 0 Å². The van der Waals surface area contributed by atoms with Crippen LogP contribution in [0.3, 0.4) is 0 Å². The number of hydrogen-bond donors (Lipinski definition) is 2. The number of rotatable bonds is 8. The van der Waals surface area contributed by atoms with E-state index in [0.29, 0.717) is 24.7 Å². The molecule has 8 atom stereocenters. The Morgan fingerprint density at radius 1 is 0.724 bits per heavy atom. The molecule has 0 radical (unpaired) electrons. The molecule has 172 valence electrons. The third kappa shape index (κ3) is 7.71. The molecule has 0 spiro atoms. The lowest BCUT2D eigenvalue weighted by Gasteiger charge is -2.38. The molecule has 2 rings (SSSR count). The Morgan fingerprint density at radius 3 is 1.38 bits per heavy atom. The summed E-state index contributed by atoms with van der Waals surface area (Å²) in [6, 6.07) is 0. The molecular weight excluding hydrogens is 414 g/mol. The maximum Gasteiger partial charge on any atom is 0.481 e. The van der Waals surface area contributed by atoms with Crippen molar-refractivity contribution in [3.8, 4) is 0 Å². The molecule has 0 bridgehead atoms. The van der Waals surface area contributed by atoms with Crippen molar-refractivity contribution in [2.45, 2.75) is 92.3 Å². The monoisotopic (exact) mass is 454 g/mol. The number of phosphoric acid groups is 2. The van der Waals surface area contributed by atoms with Crippen LogP contribution in [0.15, 0.2) is 0 Å². The van der Waals surface area contributed by atoms with Gasteiger partial charge < -0.3 is 9.79 Å². The highest BCUT2D eigenvalue weighted by atomic mass is 31.3. The van der Waals surface area contributed by atoms with Gasteiger partial charge in [0.15, 0.2) is 0 Å². The van der Waals surface area contributed by atoms with Gasteiger partial charge in [-0.2, -0.15) is 4.31 Å². The average molecular weight is 454 g/mol. The normalized spacial score (nSPS) is 38.0. The second-order valence-corrected chi connectivity index (χ2v) is 12.9. The maximum absolute atomic E-state index is 12.6. The zero-order chi connectivity index (χ0) is 22.0. The van der Waals surface area contributed by atoms with E-state index in [1.807, 2.05) is 0 Å². The van der Waals surface area contributed by atoms with Gasteiger partial charge in [-0.15, -0.1) is 0 Å². The molecule has 7 nitrogen and oxygen atoms in total. The van der Waals surface area contributed by atoms with Gasteiger partial charge in [0.1, 0.15) is 0 Å². The van der Waals surface area contributed by atoms with E-state index in [2.05, 4.69) is 41.5 Å². The molecule has 9 heteroatoms. The van der Waals surface area contributed by atoms with Crippen molar-refractivity contribution in [3.05, 3.63) is 0 Å². The molecule has 2 fully saturated rings. The average Bonchev–Trinajstić information content (AvgIpc) is 2.51. The van der Waals surface area contributed by atoms with Gasteiger partial charge in [0.05, 0.1) is 12.2 Å². The highest BCUT2D eigenvalue weighted by Crippen LogP contribution is 2.63. The first-order valence-corrected chi connectivity index (χ1v) is 14.0. The minimum absolute atomic E-state index is 0.110. The van der Waals surface area contributed by atoms with Gasteiger partial charge in [-0.05, 0) is 61.2 Å². The molecule has 2 saturated carbocycles. The van der Waals surface area contributed by atoms with Crippen LogP contribution in [0.25, 0.3) is 0 Å². The van der Waals surface area contributed by atoms with E-state index in [9.17, 15) is 18.9 Å². The molecule has 2 aliphatic carbocycles. The van der Waals surface area contributed by atoms with Crippen LogP contribution >= 0.6 is 15.6 Å². The largest absolute Gasteiger partial charge is 0.481 e. The standard InChI is InChI=1S/C20H40O7P2/c1-13(2)17-9-7-15(5)11-19(17)25-28(21,22)27-29(23,24)26-20-12-16(6)8-10-18(20)14(3)4/h13-20H,7-12H2,1-6H3,(H,21,22)(H,23,24). The highest BCUT2D eigenvalue weighted by molar-refractivity contribution is 7.61. The van der Waals surface area contributed by atoms with Crippen LogP contribution in [-0.4, -0.2) is 22.0 Å². The number of phosphoric ester groups is 2. The Morgan fingerprint density at radius 2 is 1.07 bits per heavy atom. The van der Waals surface area contributed by atoms with Crippen molar-refractivity contribution in [1.82, 2.24) is 0 Å². The van der Waals surface area contributed by atoms with E-state index in [4.69, 9.17) is 13.4 Å². The Balaban J connectivity index is 2.04. The van der Waals surface area contributed by atoms with Crippen LogP contribution in [0.1, 0.15) is 80.1 Å². The first kappa shape index (κ1) is 25.5. The topological polar surface area (TPSA) is 102 Å². The molecule has 0 aromatic heterocycles. The summed E-state index contributed by atoms with van der Waals surface area (Å²) in [7, 11) is -9.50. The van der Waals surface area contributed by atoms with E-state index >= 15 is 0 Å². The summed E-state index contributed by atoms with van der Waals surface area (Å²) >= 11 is 0. The summed E-state index contributed by atoms with van der Waals surface area (Å²) in [5, 5.41) is 0. The fourth-order valence-corrected chi connectivity index (χ4v) is 7.50. The van der Waals surface area contributed by atoms with E-state index in [1.165, 1.54) is 0 Å². The molecule has 0 aromatic rings. The third-order valence-electron chi connectivity index (χ3n) is 6.67. The second kappa shape index (κ2) is 10.3. The summed E-state index contributed by atoms with van der Waals surface area (Å²) in [5.41, 5.74) is 0. The van der Waals surface area contributed by atoms with E-state index < -0.39 is 27.9 Å². The molecule has 0 saturated heterocycles. The fraction of sp³-hybridized carbons (Fsp3) is 1.00. The van der Waals surface area contributed by atoms with E-state index in [0.717, 1.165) is 25.7 Å². The molecule has 0 amide bonds. The summed E-state index contributed by atoms with van der Waals surface area (Å²) in [4.78, 5) is 20.5. The fourth-order valence-electron chi connectivity index (χ4n) is 4.98. The predicted molar refractivity (Wildman–Crippen MR) is 113 cm³/mol. The SMILES string of the molecule is CC1CCC(C(C)C)C(OP(=O)(O)OP(=O)(O)OC2CC(C)CCC2C(C)C)C1. The molecule has 29 heavy (non-hydrogen) atoms. The second-order valence-electron chi connectivity index (χ2n) is 9.96. The Bertz CT molecular complexity index is 572. The van der Waals surface area contributed by atoms with Crippen molar-refractivity contribution < 1.29 is 32.3 Å². The van der Waals surface area contributed by atoms with Gasteiger partial charge in [-0.3, -0.25) is 9.05 Å². The zero-order valence-electron chi connectivity index (χ0n) is 18.7. The van der Waals surface area contributed by atoms with Gasteiger partial charge in [0.25, 0.3) is 0 Å². The lowest BCUT2D eigenvalue weighted by atomic mass is 9.75. The van der Waals surface area contributed by atoms with Crippen molar-refractivity contribution in [3.63, 3.8) is 0 Å². The lowest BCUT2D eigenvalue weighted by molar-refractivity contribution is 0.00702.